The number of halogens is 2. The molecule has 1 aromatic heterocycles. The van der Waals surface area contributed by atoms with Gasteiger partial charge in [0.2, 0.25) is 0 Å². The van der Waals surface area contributed by atoms with Gasteiger partial charge in [0.25, 0.3) is 0 Å². The molecule has 0 radical (unpaired) electrons. The summed E-state index contributed by atoms with van der Waals surface area (Å²) < 4.78 is 25.0. The number of ether oxygens (including phenoxy) is 1. The molecule has 0 fully saturated rings. The maximum atomic E-state index is 13.9. The highest BCUT2D eigenvalue weighted by Crippen LogP contribution is 2.36. The zero-order valence-electron chi connectivity index (χ0n) is 10.7. The summed E-state index contributed by atoms with van der Waals surface area (Å²) in [6.45, 7) is 0.0838. The van der Waals surface area contributed by atoms with E-state index in [1.54, 1.807) is 12.1 Å². The molecule has 112 valence electrons. The number of urea groups is 1. The Morgan fingerprint density at radius 3 is 2.90 bits per heavy atom. The van der Waals surface area contributed by atoms with Gasteiger partial charge in [-0.05, 0) is 40.2 Å². The summed E-state index contributed by atoms with van der Waals surface area (Å²) in [5, 5.41) is 2.30. The fraction of sp³-hybridized carbons (Fsp3) is 0.0833. The summed E-state index contributed by atoms with van der Waals surface area (Å²) >= 11 is 3.24. The van der Waals surface area contributed by atoms with Crippen molar-refractivity contribution < 1.29 is 18.3 Å². The van der Waals surface area contributed by atoms with E-state index in [1.807, 2.05) is 5.53 Å². The molecule has 0 aliphatic heterocycles. The molecule has 0 saturated carbocycles. The minimum atomic E-state index is -0.739. The van der Waals surface area contributed by atoms with E-state index in [2.05, 4.69) is 26.7 Å². The second-order valence-corrected chi connectivity index (χ2v) is 4.68. The highest BCUT2D eigenvalue weighted by molar-refractivity contribution is 9.10. The van der Waals surface area contributed by atoms with Gasteiger partial charge in [-0.3, -0.25) is 11.3 Å². The van der Waals surface area contributed by atoms with Crippen LogP contribution in [0.4, 0.5) is 14.9 Å². The van der Waals surface area contributed by atoms with Crippen LogP contribution in [0.3, 0.4) is 0 Å². The summed E-state index contributed by atoms with van der Waals surface area (Å²) in [5.74, 6) is 4.99. The van der Waals surface area contributed by atoms with E-state index in [0.29, 0.717) is 10.2 Å². The number of nitrogens with two attached hydrogens (primary N) is 1. The van der Waals surface area contributed by atoms with Gasteiger partial charge in [0, 0.05) is 0 Å². The Hall–Kier alpha value is -2.10. The quantitative estimate of drug-likeness (QED) is 0.485. The number of amides is 2. The van der Waals surface area contributed by atoms with Crippen molar-refractivity contribution in [1.82, 2.24) is 11.0 Å². The average Bonchev–Trinajstić information content (AvgIpc) is 2.96. The minimum Gasteiger partial charge on any atom is -0.482 e. The number of carbonyl (C=O) groups excluding carboxylic acids is 1. The first kappa shape index (κ1) is 15.3. The van der Waals surface area contributed by atoms with Crippen LogP contribution >= 0.6 is 15.9 Å². The van der Waals surface area contributed by atoms with Crippen molar-refractivity contribution >= 4 is 27.6 Å². The Labute approximate surface area is 127 Å². The third-order valence-corrected chi connectivity index (χ3v) is 3.05. The fourth-order valence-corrected chi connectivity index (χ4v) is 1.98. The Morgan fingerprint density at radius 2 is 2.24 bits per heavy atom. The second-order valence-electron chi connectivity index (χ2n) is 3.82. The zero-order valence-corrected chi connectivity index (χ0v) is 12.2. The van der Waals surface area contributed by atoms with Gasteiger partial charge < -0.3 is 14.5 Å². The van der Waals surface area contributed by atoms with Crippen LogP contribution in [-0.4, -0.2) is 6.03 Å². The predicted molar refractivity (Wildman–Crippen MR) is 76.6 cm³/mol. The van der Waals surface area contributed by atoms with Crippen LogP contribution in [0.5, 0.6) is 5.75 Å². The van der Waals surface area contributed by atoms with Crippen LogP contribution in [0, 0.1) is 5.82 Å². The fourth-order valence-electron chi connectivity index (χ4n) is 1.54. The molecule has 0 atom stereocenters. The molecule has 2 aromatic rings. The van der Waals surface area contributed by atoms with E-state index in [1.165, 1.54) is 18.4 Å². The highest BCUT2D eigenvalue weighted by atomic mass is 79.9. The van der Waals surface area contributed by atoms with Gasteiger partial charge in [0.05, 0.1) is 10.7 Å². The Balaban J connectivity index is 2.21. The molecule has 0 aliphatic carbocycles. The molecule has 21 heavy (non-hydrogen) atoms. The standard InChI is InChI=1S/C12H12BrFN4O3/c13-8-3-4-9(14)10(16-12(19)17-18-15)11(8)21-6-7-2-1-5-20-7/h1-5,18H,6,15H2,(H2,16,17,19). The largest absolute Gasteiger partial charge is 0.482 e. The average molecular weight is 359 g/mol. The number of hydrogen-bond donors (Lipinski definition) is 4. The number of hydrazine groups is 2. The molecule has 0 saturated heterocycles. The predicted octanol–water partition coefficient (Wildman–Crippen LogP) is 2.26. The molecule has 9 heteroatoms. The first-order chi connectivity index (χ1) is 10.1. The highest BCUT2D eigenvalue weighted by Gasteiger charge is 2.17. The number of anilines is 1. The molecule has 7 nitrogen and oxygen atoms in total. The topological polar surface area (TPSA) is 102 Å². The van der Waals surface area contributed by atoms with E-state index in [9.17, 15) is 9.18 Å². The van der Waals surface area contributed by atoms with E-state index < -0.39 is 11.8 Å². The molecular weight excluding hydrogens is 347 g/mol. The van der Waals surface area contributed by atoms with Crippen molar-refractivity contribution in [2.45, 2.75) is 6.61 Å². The van der Waals surface area contributed by atoms with Crippen molar-refractivity contribution in [3.05, 3.63) is 46.6 Å². The molecule has 2 amide bonds. The lowest BCUT2D eigenvalue weighted by Gasteiger charge is -2.14. The monoisotopic (exact) mass is 358 g/mol. The van der Waals surface area contributed by atoms with Gasteiger partial charge >= 0.3 is 6.03 Å². The van der Waals surface area contributed by atoms with Crippen molar-refractivity contribution in [3.8, 4) is 5.75 Å². The number of benzene rings is 1. The van der Waals surface area contributed by atoms with Gasteiger partial charge in [-0.25, -0.2) is 9.18 Å². The van der Waals surface area contributed by atoms with Crippen LogP contribution in [0.15, 0.2) is 39.4 Å². The van der Waals surface area contributed by atoms with E-state index in [4.69, 9.17) is 15.0 Å². The Kier molecular flexibility index (Phi) is 5.14. The van der Waals surface area contributed by atoms with E-state index in [0.717, 1.165) is 0 Å². The molecule has 1 aromatic carbocycles. The van der Waals surface area contributed by atoms with Crippen LogP contribution in [0.1, 0.15) is 5.76 Å². The van der Waals surface area contributed by atoms with Gasteiger partial charge in [-0.1, -0.05) is 0 Å². The lowest BCUT2D eigenvalue weighted by Crippen LogP contribution is -2.44. The smallest absolute Gasteiger partial charge is 0.334 e. The maximum absolute atomic E-state index is 13.9. The number of nitrogens with one attached hydrogen (secondary N) is 3. The minimum absolute atomic E-state index is 0.0838. The molecule has 0 unspecified atom stereocenters. The Morgan fingerprint density at radius 1 is 1.43 bits per heavy atom. The summed E-state index contributed by atoms with van der Waals surface area (Å²) in [6, 6.07) is 5.34. The SMILES string of the molecule is NNNC(=O)Nc1c(F)ccc(Br)c1OCc1ccco1. The lowest BCUT2D eigenvalue weighted by atomic mass is 10.2. The second kappa shape index (κ2) is 7.07. The first-order valence-corrected chi connectivity index (χ1v) is 6.57. The summed E-state index contributed by atoms with van der Waals surface area (Å²) in [7, 11) is 0. The lowest BCUT2D eigenvalue weighted by molar-refractivity contribution is 0.247. The van der Waals surface area contributed by atoms with Gasteiger partial charge in [0.1, 0.15) is 18.1 Å². The molecule has 1 heterocycles. The van der Waals surface area contributed by atoms with E-state index >= 15 is 0 Å². The molecular formula is C12H12BrFN4O3. The number of hydrogen-bond acceptors (Lipinski definition) is 5. The number of furan rings is 1. The zero-order chi connectivity index (χ0) is 15.2. The summed E-state index contributed by atoms with van der Waals surface area (Å²) in [6.07, 6.45) is 1.50. The normalized spacial score (nSPS) is 10.2. The molecule has 5 N–H and O–H groups in total. The Bertz CT molecular complexity index is 621. The van der Waals surface area contributed by atoms with E-state index in [-0.39, 0.29) is 18.0 Å². The van der Waals surface area contributed by atoms with Crippen LogP contribution < -0.4 is 26.9 Å². The van der Waals surface area contributed by atoms with Crippen molar-refractivity contribution in [1.29, 1.82) is 0 Å². The molecule has 0 bridgehead atoms. The molecule has 0 spiro atoms. The van der Waals surface area contributed by atoms with Crippen molar-refractivity contribution in [3.63, 3.8) is 0 Å². The van der Waals surface area contributed by atoms with Gasteiger partial charge in [-0.2, -0.15) is 5.53 Å². The molecule has 2 rings (SSSR count). The van der Waals surface area contributed by atoms with Crippen molar-refractivity contribution in [2.24, 2.45) is 5.84 Å². The maximum Gasteiger partial charge on any atom is 0.334 e. The number of rotatable bonds is 5. The summed E-state index contributed by atoms with van der Waals surface area (Å²) in [5.41, 5.74) is 3.88. The van der Waals surface area contributed by atoms with Crippen LogP contribution in [0.2, 0.25) is 0 Å². The molecule has 0 aliphatic rings. The number of carbonyl (C=O) groups is 1. The van der Waals surface area contributed by atoms with Gasteiger partial charge in [-0.15, -0.1) is 0 Å². The third-order valence-electron chi connectivity index (χ3n) is 2.42. The third kappa shape index (κ3) is 3.94. The first-order valence-electron chi connectivity index (χ1n) is 5.77. The van der Waals surface area contributed by atoms with Gasteiger partial charge in [0.15, 0.2) is 11.6 Å². The van der Waals surface area contributed by atoms with Crippen molar-refractivity contribution in [2.75, 3.05) is 5.32 Å². The van der Waals surface area contributed by atoms with Crippen LogP contribution in [0.25, 0.3) is 0 Å². The van der Waals surface area contributed by atoms with Crippen LogP contribution in [-0.2, 0) is 6.61 Å². The summed E-state index contributed by atoms with van der Waals surface area (Å²) in [4.78, 5) is 11.4.